The number of nitrogens with one attached hydrogen (secondary N) is 2. The fraction of sp³-hybridized carbons (Fsp3) is 0.227. The Hall–Kier alpha value is -2.69. The first-order chi connectivity index (χ1) is 15.5. The van der Waals surface area contributed by atoms with Crippen LogP contribution in [0.4, 0.5) is 11.6 Å². The minimum atomic E-state index is -3.88. The molecule has 0 fully saturated rings. The number of hydrogen-bond acceptors (Lipinski definition) is 6. The van der Waals surface area contributed by atoms with Gasteiger partial charge in [-0.1, -0.05) is 11.6 Å². The maximum Gasteiger partial charge on any atom is 0.264 e. The highest BCUT2D eigenvalue weighted by Crippen LogP contribution is 2.35. The number of rotatable bonds is 7. The van der Waals surface area contributed by atoms with E-state index in [1.165, 1.54) is 24.3 Å². The second-order valence-electron chi connectivity index (χ2n) is 7.39. The molecule has 0 atom stereocenters. The van der Waals surface area contributed by atoms with Gasteiger partial charge in [-0.05, 0) is 91.1 Å². The van der Waals surface area contributed by atoms with Crippen LogP contribution in [0.15, 0.2) is 45.8 Å². The topological polar surface area (TPSA) is 110 Å². The molecule has 0 aliphatic heterocycles. The summed E-state index contributed by atoms with van der Waals surface area (Å²) in [6, 6.07) is 9.22. The van der Waals surface area contributed by atoms with Crippen molar-refractivity contribution in [3.05, 3.63) is 68.4 Å². The van der Waals surface area contributed by atoms with Gasteiger partial charge in [0.15, 0.2) is 6.61 Å². The Morgan fingerprint density at radius 2 is 1.67 bits per heavy atom. The van der Waals surface area contributed by atoms with Crippen LogP contribution in [0.25, 0.3) is 0 Å². The number of nitrogens with zero attached hydrogens (tertiary/aromatic N) is 2. The van der Waals surface area contributed by atoms with Crippen molar-refractivity contribution in [3.8, 4) is 5.75 Å². The first-order valence-electron chi connectivity index (χ1n) is 9.79. The normalized spacial score (nSPS) is 11.2. The van der Waals surface area contributed by atoms with Crippen LogP contribution in [0, 0.1) is 27.7 Å². The number of sulfonamides is 1. The highest BCUT2D eigenvalue weighted by atomic mass is 79.9. The average molecular weight is 554 g/mol. The van der Waals surface area contributed by atoms with Crippen LogP contribution in [0.5, 0.6) is 5.75 Å². The van der Waals surface area contributed by atoms with E-state index in [2.05, 4.69) is 35.9 Å². The Morgan fingerprint density at radius 3 is 2.27 bits per heavy atom. The van der Waals surface area contributed by atoms with Gasteiger partial charge in [0.05, 0.1) is 9.37 Å². The zero-order valence-electron chi connectivity index (χ0n) is 18.4. The molecule has 0 aliphatic rings. The summed E-state index contributed by atoms with van der Waals surface area (Å²) in [6.07, 6.45) is 0. The Balaban J connectivity index is 1.64. The van der Waals surface area contributed by atoms with E-state index in [-0.39, 0.29) is 17.5 Å². The summed E-state index contributed by atoms with van der Waals surface area (Å²) in [5.41, 5.74) is 3.38. The maximum atomic E-state index is 12.6. The summed E-state index contributed by atoms with van der Waals surface area (Å²) in [5.74, 6) is 0.107. The molecule has 2 aromatic carbocycles. The lowest BCUT2D eigenvalue weighted by Crippen LogP contribution is -2.20. The lowest BCUT2D eigenvalue weighted by Gasteiger charge is -2.13. The Morgan fingerprint density at radius 1 is 1.06 bits per heavy atom. The molecule has 0 bridgehead atoms. The lowest BCUT2D eigenvalue weighted by molar-refractivity contribution is -0.118. The molecule has 2 N–H and O–H groups in total. The SMILES string of the molecule is Cc1cc(C)nc(NS(=O)(=O)c2ccc(NC(=O)COc3cc(C)c(Cl)c(C)c3Br)cc2)n1. The number of anilines is 2. The summed E-state index contributed by atoms with van der Waals surface area (Å²) in [5, 5.41) is 3.30. The second-order valence-corrected chi connectivity index (χ2v) is 10.2. The second kappa shape index (κ2) is 10.1. The van der Waals surface area contributed by atoms with E-state index in [0.29, 0.717) is 32.3 Å². The number of carbonyl (C=O) groups is 1. The largest absolute Gasteiger partial charge is 0.483 e. The van der Waals surface area contributed by atoms with Gasteiger partial charge in [-0.2, -0.15) is 0 Å². The smallest absolute Gasteiger partial charge is 0.264 e. The van der Waals surface area contributed by atoms with Gasteiger partial charge >= 0.3 is 0 Å². The summed E-state index contributed by atoms with van der Waals surface area (Å²) in [7, 11) is -3.88. The molecule has 0 saturated carbocycles. The lowest BCUT2D eigenvalue weighted by atomic mass is 10.1. The molecule has 0 aliphatic carbocycles. The van der Waals surface area contributed by atoms with Crippen molar-refractivity contribution in [1.29, 1.82) is 0 Å². The number of aryl methyl sites for hydroxylation is 3. The van der Waals surface area contributed by atoms with Crippen molar-refractivity contribution in [1.82, 2.24) is 9.97 Å². The van der Waals surface area contributed by atoms with Crippen LogP contribution in [0.2, 0.25) is 5.02 Å². The van der Waals surface area contributed by atoms with Gasteiger partial charge in [-0.3, -0.25) is 4.79 Å². The first-order valence-corrected chi connectivity index (χ1v) is 12.4. The molecular weight excluding hydrogens is 532 g/mol. The van der Waals surface area contributed by atoms with Crippen molar-refractivity contribution >= 4 is 55.1 Å². The minimum absolute atomic E-state index is 0.000798. The van der Waals surface area contributed by atoms with Crippen LogP contribution < -0.4 is 14.8 Å². The Kier molecular flexibility index (Phi) is 7.61. The highest BCUT2D eigenvalue weighted by molar-refractivity contribution is 9.10. The molecule has 3 aromatic rings. The van der Waals surface area contributed by atoms with Crippen LogP contribution >= 0.6 is 27.5 Å². The van der Waals surface area contributed by atoms with Crippen LogP contribution in [0.3, 0.4) is 0 Å². The van der Waals surface area contributed by atoms with Gasteiger partial charge in [0.2, 0.25) is 5.95 Å². The van der Waals surface area contributed by atoms with Crippen LogP contribution in [0.1, 0.15) is 22.5 Å². The van der Waals surface area contributed by atoms with Gasteiger partial charge in [-0.25, -0.2) is 23.1 Å². The van der Waals surface area contributed by atoms with E-state index in [1.54, 1.807) is 26.0 Å². The third-order valence-corrected chi connectivity index (χ3v) is 7.49. The average Bonchev–Trinajstić information content (AvgIpc) is 2.73. The third-order valence-electron chi connectivity index (χ3n) is 4.58. The molecule has 0 radical (unpaired) electrons. The number of amides is 1. The molecule has 0 unspecified atom stereocenters. The summed E-state index contributed by atoms with van der Waals surface area (Å²) >= 11 is 9.64. The number of carbonyl (C=O) groups excluding carboxylic acids is 1. The van der Waals surface area contributed by atoms with E-state index in [1.807, 2.05) is 13.8 Å². The summed E-state index contributed by atoms with van der Waals surface area (Å²) < 4.78 is 33.9. The van der Waals surface area contributed by atoms with Crippen LogP contribution in [-0.2, 0) is 14.8 Å². The molecule has 1 aromatic heterocycles. The molecule has 174 valence electrons. The third kappa shape index (κ3) is 6.21. The van der Waals surface area contributed by atoms with Crippen molar-refractivity contribution in [2.75, 3.05) is 16.6 Å². The zero-order valence-corrected chi connectivity index (χ0v) is 21.5. The summed E-state index contributed by atoms with van der Waals surface area (Å²) in [6.45, 7) is 6.97. The Bertz CT molecular complexity index is 1290. The van der Waals surface area contributed by atoms with E-state index in [9.17, 15) is 13.2 Å². The first kappa shape index (κ1) is 24.9. The monoisotopic (exact) mass is 552 g/mol. The number of aromatic nitrogens is 2. The quantitative estimate of drug-likeness (QED) is 0.429. The van der Waals surface area contributed by atoms with E-state index >= 15 is 0 Å². The van der Waals surface area contributed by atoms with Crippen molar-refractivity contribution < 1.29 is 17.9 Å². The highest BCUT2D eigenvalue weighted by Gasteiger charge is 2.17. The number of ether oxygens (including phenoxy) is 1. The molecule has 1 amide bonds. The standard InChI is InChI=1S/C22H22BrClN4O4S/c1-12-9-18(20(23)15(4)21(12)24)32-11-19(29)27-16-5-7-17(8-6-16)33(30,31)28-22-25-13(2)10-14(3)26-22/h5-10H,11H2,1-4H3,(H,27,29)(H,25,26,28). The fourth-order valence-electron chi connectivity index (χ4n) is 3.01. The fourth-order valence-corrected chi connectivity index (χ4v) is 4.65. The maximum absolute atomic E-state index is 12.6. The molecule has 33 heavy (non-hydrogen) atoms. The number of hydrogen-bond donors (Lipinski definition) is 2. The van der Waals surface area contributed by atoms with Gasteiger partial charge in [-0.15, -0.1) is 0 Å². The predicted octanol–water partition coefficient (Wildman–Crippen LogP) is 4.94. The molecule has 0 spiro atoms. The molecule has 8 nitrogen and oxygen atoms in total. The molecule has 0 saturated heterocycles. The molecular formula is C22H22BrClN4O4S. The molecule has 1 heterocycles. The zero-order chi connectivity index (χ0) is 24.3. The minimum Gasteiger partial charge on any atom is -0.483 e. The van der Waals surface area contributed by atoms with Gasteiger partial charge in [0.25, 0.3) is 15.9 Å². The number of halogens is 2. The van der Waals surface area contributed by atoms with Crippen molar-refractivity contribution in [2.45, 2.75) is 32.6 Å². The van der Waals surface area contributed by atoms with Gasteiger partial charge < -0.3 is 10.1 Å². The van der Waals surface area contributed by atoms with E-state index in [4.69, 9.17) is 16.3 Å². The van der Waals surface area contributed by atoms with E-state index in [0.717, 1.165) is 11.1 Å². The van der Waals surface area contributed by atoms with Gasteiger partial charge in [0, 0.05) is 22.1 Å². The summed E-state index contributed by atoms with van der Waals surface area (Å²) in [4.78, 5) is 20.5. The van der Waals surface area contributed by atoms with Crippen molar-refractivity contribution in [2.24, 2.45) is 0 Å². The van der Waals surface area contributed by atoms with Crippen molar-refractivity contribution in [3.63, 3.8) is 0 Å². The molecule has 3 rings (SSSR count). The van der Waals surface area contributed by atoms with Gasteiger partial charge in [0.1, 0.15) is 5.75 Å². The Labute approximate surface area is 205 Å². The number of benzene rings is 2. The van der Waals surface area contributed by atoms with Crippen LogP contribution in [-0.4, -0.2) is 30.9 Å². The van der Waals surface area contributed by atoms with E-state index < -0.39 is 15.9 Å². The molecule has 11 heteroatoms. The predicted molar refractivity (Wildman–Crippen MR) is 132 cm³/mol.